The van der Waals surface area contributed by atoms with Gasteiger partial charge in [0, 0.05) is 38.3 Å². The molecule has 1 aromatic carbocycles. The van der Waals surface area contributed by atoms with E-state index in [-0.39, 0.29) is 18.0 Å². The van der Waals surface area contributed by atoms with Crippen LogP contribution in [-0.4, -0.2) is 60.8 Å². The summed E-state index contributed by atoms with van der Waals surface area (Å²) >= 11 is 0. The van der Waals surface area contributed by atoms with Crippen LogP contribution in [0.4, 0.5) is 9.18 Å². The van der Waals surface area contributed by atoms with Crippen molar-refractivity contribution < 1.29 is 13.9 Å². The molecule has 158 valence electrons. The molecule has 1 aromatic rings. The van der Waals surface area contributed by atoms with Crippen molar-refractivity contribution in [1.82, 2.24) is 15.1 Å². The fraction of sp³-hybridized carbons (Fsp3) is 0.682. The van der Waals surface area contributed by atoms with Crippen molar-refractivity contribution in [3.05, 3.63) is 35.6 Å². The molecule has 1 aliphatic heterocycles. The van der Waals surface area contributed by atoms with Gasteiger partial charge in [0.15, 0.2) is 0 Å². The number of halogens is 1. The summed E-state index contributed by atoms with van der Waals surface area (Å²) < 4.78 is 20.0. The summed E-state index contributed by atoms with van der Waals surface area (Å²) in [5.74, 6) is 0.415. The number of amides is 1. The number of nitrogens with one attached hydrogen (secondary N) is 1. The SMILES string of the molecule is CCC(C)CNCC(c1ccccc1F)N1CCN(C(=O)OC(C)(C)C)CC1. The molecule has 0 aromatic heterocycles. The van der Waals surface area contributed by atoms with E-state index < -0.39 is 5.60 Å². The Morgan fingerprint density at radius 1 is 1.18 bits per heavy atom. The predicted octanol–water partition coefficient (Wildman–Crippen LogP) is 4.06. The van der Waals surface area contributed by atoms with Gasteiger partial charge >= 0.3 is 6.09 Å². The zero-order valence-electron chi connectivity index (χ0n) is 18.0. The van der Waals surface area contributed by atoms with Gasteiger partial charge in [-0.05, 0) is 39.3 Å². The number of rotatable bonds is 7. The van der Waals surface area contributed by atoms with E-state index in [1.54, 1.807) is 11.0 Å². The highest BCUT2D eigenvalue weighted by atomic mass is 19.1. The summed E-state index contributed by atoms with van der Waals surface area (Å²) in [6.45, 7) is 14.2. The Bertz CT molecular complexity index is 624. The van der Waals surface area contributed by atoms with Crippen molar-refractivity contribution in [3.8, 4) is 0 Å². The second-order valence-corrected chi connectivity index (χ2v) is 8.71. The van der Waals surface area contributed by atoms with Gasteiger partial charge in [0.2, 0.25) is 0 Å². The van der Waals surface area contributed by atoms with Crippen LogP contribution in [0.1, 0.15) is 52.6 Å². The molecule has 1 heterocycles. The van der Waals surface area contributed by atoms with Crippen LogP contribution in [0.3, 0.4) is 0 Å². The molecule has 2 rings (SSSR count). The molecular formula is C22H36FN3O2. The zero-order valence-corrected chi connectivity index (χ0v) is 18.0. The molecule has 28 heavy (non-hydrogen) atoms. The van der Waals surface area contributed by atoms with Crippen LogP contribution < -0.4 is 5.32 Å². The summed E-state index contributed by atoms with van der Waals surface area (Å²) in [7, 11) is 0. The lowest BCUT2D eigenvalue weighted by Crippen LogP contribution is -2.52. The number of hydrogen-bond donors (Lipinski definition) is 1. The molecule has 6 heteroatoms. The lowest BCUT2D eigenvalue weighted by Gasteiger charge is -2.40. The first-order valence-electron chi connectivity index (χ1n) is 10.4. The lowest BCUT2D eigenvalue weighted by molar-refractivity contribution is 0.00999. The minimum absolute atomic E-state index is 0.0500. The van der Waals surface area contributed by atoms with Crippen LogP contribution in [-0.2, 0) is 4.74 Å². The van der Waals surface area contributed by atoms with Crippen molar-refractivity contribution in [2.24, 2.45) is 5.92 Å². The molecule has 2 unspecified atom stereocenters. The van der Waals surface area contributed by atoms with Crippen LogP contribution in [0.15, 0.2) is 24.3 Å². The first-order valence-corrected chi connectivity index (χ1v) is 10.4. The van der Waals surface area contributed by atoms with Gasteiger partial charge in [-0.3, -0.25) is 4.90 Å². The summed E-state index contributed by atoms with van der Waals surface area (Å²) in [6.07, 6.45) is 0.843. The van der Waals surface area contributed by atoms with Crippen molar-refractivity contribution in [2.75, 3.05) is 39.3 Å². The third-order valence-electron chi connectivity index (χ3n) is 5.20. The number of carbonyl (C=O) groups excluding carboxylic acids is 1. The molecule has 1 amide bonds. The fourth-order valence-corrected chi connectivity index (χ4v) is 3.33. The van der Waals surface area contributed by atoms with Crippen molar-refractivity contribution in [2.45, 2.75) is 52.7 Å². The summed E-state index contributed by atoms with van der Waals surface area (Å²) in [5.41, 5.74) is 0.217. The fourth-order valence-electron chi connectivity index (χ4n) is 3.33. The molecule has 2 atom stereocenters. The number of hydrogen-bond acceptors (Lipinski definition) is 4. The first-order chi connectivity index (χ1) is 13.2. The van der Waals surface area contributed by atoms with Gasteiger partial charge in [-0.2, -0.15) is 0 Å². The average molecular weight is 394 g/mol. The molecular weight excluding hydrogens is 357 g/mol. The Morgan fingerprint density at radius 2 is 1.82 bits per heavy atom. The van der Waals surface area contributed by atoms with Gasteiger partial charge in [-0.15, -0.1) is 0 Å². The first kappa shape index (κ1) is 22.6. The van der Waals surface area contributed by atoms with Crippen LogP contribution in [0.2, 0.25) is 0 Å². The Kier molecular flexibility index (Phi) is 8.25. The van der Waals surface area contributed by atoms with Gasteiger partial charge in [0.1, 0.15) is 11.4 Å². The third kappa shape index (κ3) is 6.74. The van der Waals surface area contributed by atoms with Crippen LogP contribution >= 0.6 is 0 Å². The van der Waals surface area contributed by atoms with E-state index in [2.05, 4.69) is 24.1 Å². The average Bonchev–Trinajstić information content (AvgIpc) is 2.64. The number of ether oxygens (including phenoxy) is 1. The van der Waals surface area contributed by atoms with Crippen LogP contribution in [0.25, 0.3) is 0 Å². The normalized spacial score (nSPS) is 18.0. The van der Waals surface area contributed by atoms with E-state index in [0.717, 1.165) is 13.0 Å². The van der Waals surface area contributed by atoms with Gasteiger partial charge in [0.25, 0.3) is 0 Å². The zero-order chi connectivity index (χ0) is 20.7. The molecule has 1 N–H and O–H groups in total. The molecule has 0 spiro atoms. The number of benzene rings is 1. The predicted molar refractivity (Wildman–Crippen MR) is 111 cm³/mol. The molecule has 0 radical (unpaired) electrons. The van der Waals surface area contributed by atoms with Crippen molar-refractivity contribution >= 4 is 6.09 Å². The van der Waals surface area contributed by atoms with Crippen molar-refractivity contribution in [3.63, 3.8) is 0 Å². The van der Waals surface area contributed by atoms with E-state index in [0.29, 0.717) is 44.2 Å². The summed E-state index contributed by atoms with van der Waals surface area (Å²) in [6, 6.07) is 6.95. The van der Waals surface area contributed by atoms with E-state index in [1.807, 2.05) is 32.9 Å². The molecule has 5 nitrogen and oxygen atoms in total. The maximum atomic E-state index is 14.5. The minimum Gasteiger partial charge on any atom is -0.444 e. The Morgan fingerprint density at radius 3 is 2.39 bits per heavy atom. The van der Waals surface area contributed by atoms with Crippen LogP contribution in [0.5, 0.6) is 0 Å². The maximum absolute atomic E-state index is 14.5. The minimum atomic E-state index is -0.496. The monoisotopic (exact) mass is 393 g/mol. The second-order valence-electron chi connectivity index (χ2n) is 8.71. The number of carbonyl (C=O) groups is 1. The molecule has 1 fully saturated rings. The van der Waals surface area contributed by atoms with Gasteiger partial charge in [-0.1, -0.05) is 38.5 Å². The third-order valence-corrected chi connectivity index (χ3v) is 5.20. The molecule has 0 saturated carbocycles. The number of nitrogens with zero attached hydrogens (tertiary/aromatic N) is 2. The van der Waals surface area contributed by atoms with Crippen molar-refractivity contribution in [1.29, 1.82) is 0 Å². The van der Waals surface area contributed by atoms with E-state index in [1.165, 1.54) is 6.07 Å². The Balaban J connectivity index is 2.02. The molecule has 1 saturated heterocycles. The quantitative estimate of drug-likeness (QED) is 0.759. The van der Waals surface area contributed by atoms with E-state index in [9.17, 15) is 9.18 Å². The largest absolute Gasteiger partial charge is 0.444 e. The Labute approximate surface area is 169 Å². The highest BCUT2D eigenvalue weighted by Gasteiger charge is 2.30. The number of piperazine rings is 1. The molecule has 0 bridgehead atoms. The highest BCUT2D eigenvalue weighted by molar-refractivity contribution is 5.68. The lowest BCUT2D eigenvalue weighted by atomic mass is 10.0. The van der Waals surface area contributed by atoms with Gasteiger partial charge < -0.3 is 15.0 Å². The Hall–Kier alpha value is -1.66. The molecule has 0 aliphatic carbocycles. The van der Waals surface area contributed by atoms with E-state index >= 15 is 0 Å². The summed E-state index contributed by atoms with van der Waals surface area (Å²) in [4.78, 5) is 16.3. The van der Waals surface area contributed by atoms with Crippen LogP contribution in [0, 0.1) is 11.7 Å². The second kappa shape index (κ2) is 10.2. The smallest absolute Gasteiger partial charge is 0.410 e. The standard InChI is InChI=1S/C22H36FN3O2/c1-6-17(2)15-24-16-20(18-9-7-8-10-19(18)23)25-11-13-26(14-12-25)21(27)28-22(3,4)5/h7-10,17,20,24H,6,11-16H2,1-5H3. The highest BCUT2D eigenvalue weighted by Crippen LogP contribution is 2.25. The van der Waals surface area contributed by atoms with Gasteiger partial charge in [-0.25, -0.2) is 9.18 Å². The maximum Gasteiger partial charge on any atom is 0.410 e. The topological polar surface area (TPSA) is 44.8 Å². The molecule has 1 aliphatic rings. The van der Waals surface area contributed by atoms with Gasteiger partial charge in [0.05, 0.1) is 6.04 Å². The summed E-state index contributed by atoms with van der Waals surface area (Å²) in [5, 5.41) is 3.51. The van der Waals surface area contributed by atoms with E-state index in [4.69, 9.17) is 4.74 Å².